The quantitative estimate of drug-likeness (QED) is 0.788. The van der Waals surface area contributed by atoms with Gasteiger partial charge in [-0.25, -0.2) is 8.42 Å². The maximum atomic E-state index is 12.3. The summed E-state index contributed by atoms with van der Waals surface area (Å²) < 4.78 is 30.3. The molecule has 0 amide bonds. The first-order chi connectivity index (χ1) is 8.93. The van der Waals surface area contributed by atoms with Gasteiger partial charge in [0.2, 0.25) is 10.0 Å². The van der Waals surface area contributed by atoms with Gasteiger partial charge in [0.15, 0.2) is 0 Å². The minimum Gasteiger partial charge on any atom is -0.507 e. The van der Waals surface area contributed by atoms with Crippen molar-refractivity contribution in [2.75, 3.05) is 19.7 Å². The van der Waals surface area contributed by atoms with Crippen molar-refractivity contribution in [1.29, 1.82) is 0 Å². The van der Waals surface area contributed by atoms with Crippen LogP contribution in [-0.4, -0.2) is 43.5 Å². The van der Waals surface area contributed by atoms with Crippen molar-refractivity contribution in [2.45, 2.75) is 18.7 Å². The van der Waals surface area contributed by atoms with E-state index in [-0.39, 0.29) is 30.3 Å². The van der Waals surface area contributed by atoms with E-state index >= 15 is 0 Å². The normalized spacial score (nSPS) is 11.5. The number of para-hydroxylation sites is 1. The largest absolute Gasteiger partial charge is 0.507 e. The van der Waals surface area contributed by atoms with Crippen LogP contribution in [0.1, 0.15) is 13.8 Å². The van der Waals surface area contributed by atoms with Gasteiger partial charge in [-0.3, -0.25) is 4.79 Å². The van der Waals surface area contributed by atoms with E-state index in [9.17, 15) is 18.3 Å². The van der Waals surface area contributed by atoms with E-state index < -0.39 is 16.0 Å². The van der Waals surface area contributed by atoms with Gasteiger partial charge in [0, 0.05) is 6.54 Å². The molecule has 7 heteroatoms. The molecule has 0 spiro atoms. The fourth-order valence-electron chi connectivity index (χ4n) is 1.53. The zero-order valence-electron chi connectivity index (χ0n) is 10.9. The highest BCUT2D eigenvalue weighted by molar-refractivity contribution is 7.89. The second-order valence-electron chi connectivity index (χ2n) is 3.70. The summed E-state index contributed by atoms with van der Waals surface area (Å²) in [6.45, 7) is 3.17. The van der Waals surface area contributed by atoms with Gasteiger partial charge in [-0.05, 0) is 19.1 Å². The lowest BCUT2D eigenvalue weighted by Crippen LogP contribution is -2.36. The highest BCUT2D eigenvalue weighted by Crippen LogP contribution is 2.24. The zero-order valence-corrected chi connectivity index (χ0v) is 11.7. The summed E-state index contributed by atoms with van der Waals surface area (Å²) in [4.78, 5) is 11.2. The van der Waals surface area contributed by atoms with Gasteiger partial charge in [-0.1, -0.05) is 19.1 Å². The average Bonchev–Trinajstić information content (AvgIpc) is 2.36. The number of hydrogen-bond acceptors (Lipinski definition) is 5. The monoisotopic (exact) mass is 287 g/mol. The first-order valence-electron chi connectivity index (χ1n) is 5.87. The lowest BCUT2D eigenvalue weighted by atomic mass is 10.3. The molecule has 1 rings (SSSR count). The summed E-state index contributed by atoms with van der Waals surface area (Å²) >= 11 is 0. The van der Waals surface area contributed by atoms with Crippen LogP contribution in [0.15, 0.2) is 29.2 Å². The standard InChI is InChI=1S/C12H17NO5S/c1-3-13(9-12(15)18-4-2)19(16,17)11-8-6-5-7-10(11)14/h5-8,14H,3-4,9H2,1-2H3. The zero-order chi connectivity index (χ0) is 14.5. The fourth-order valence-corrected chi connectivity index (χ4v) is 3.01. The Balaban J connectivity index is 3.03. The van der Waals surface area contributed by atoms with Crippen molar-refractivity contribution in [3.8, 4) is 5.75 Å². The number of carbonyl (C=O) groups excluding carboxylic acids is 1. The number of likely N-dealkylation sites (N-methyl/N-ethyl adjacent to an activating group) is 1. The molecule has 0 unspecified atom stereocenters. The van der Waals surface area contributed by atoms with E-state index in [1.165, 1.54) is 24.3 Å². The van der Waals surface area contributed by atoms with Crippen LogP contribution in [0.4, 0.5) is 0 Å². The Hall–Kier alpha value is -1.60. The van der Waals surface area contributed by atoms with Crippen LogP contribution in [-0.2, 0) is 19.6 Å². The number of benzene rings is 1. The summed E-state index contributed by atoms with van der Waals surface area (Å²) in [5.74, 6) is -0.965. The summed E-state index contributed by atoms with van der Waals surface area (Å²) in [5.41, 5.74) is 0. The van der Waals surface area contributed by atoms with Crippen LogP contribution in [0.25, 0.3) is 0 Å². The van der Waals surface area contributed by atoms with E-state index in [1.54, 1.807) is 13.8 Å². The van der Waals surface area contributed by atoms with Gasteiger partial charge in [-0.2, -0.15) is 4.31 Å². The molecule has 0 aromatic heterocycles. The molecule has 0 bridgehead atoms. The topological polar surface area (TPSA) is 83.9 Å². The molecule has 1 aromatic carbocycles. The Morgan fingerprint density at radius 2 is 1.95 bits per heavy atom. The number of esters is 1. The van der Waals surface area contributed by atoms with Gasteiger partial charge in [0.25, 0.3) is 0 Å². The number of phenolic OH excluding ortho intramolecular Hbond substituents is 1. The Morgan fingerprint density at radius 3 is 2.47 bits per heavy atom. The Bertz CT molecular complexity index is 541. The number of hydrogen-bond donors (Lipinski definition) is 1. The average molecular weight is 287 g/mol. The van der Waals surface area contributed by atoms with Crippen LogP contribution in [0.3, 0.4) is 0 Å². The highest BCUT2D eigenvalue weighted by atomic mass is 32.2. The number of phenols is 1. The Labute approximate surface area is 112 Å². The molecule has 1 N–H and O–H groups in total. The predicted molar refractivity (Wildman–Crippen MR) is 69.2 cm³/mol. The molecule has 0 aliphatic rings. The molecule has 106 valence electrons. The molecule has 0 saturated carbocycles. The van der Waals surface area contributed by atoms with Crippen LogP contribution < -0.4 is 0 Å². The lowest BCUT2D eigenvalue weighted by Gasteiger charge is -2.19. The molecule has 0 atom stereocenters. The first kappa shape index (κ1) is 15.5. The minimum atomic E-state index is -3.91. The lowest BCUT2D eigenvalue weighted by molar-refractivity contribution is -0.143. The van der Waals surface area contributed by atoms with Crippen molar-refractivity contribution in [3.05, 3.63) is 24.3 Å². The van der Waals surface area contributed by atoms with Crippen molar-refractivity contribution in [2.24, 2.45) is 0 Å². The molecule has 1 aromatic rings. The van der Waals surface area contributed by atoms with Crippen LogP contribution in [0, 0.1) is 0 Å². The second kappa shape index (κ2) is 6.53. The minimum absolute atomic E-state index is 0.107. The van der Waals surface area contributed by atoms with E-state index in [0.29, 0.717) is 0 Å². The molecule has 6 nitrogen and oxygen atoms in total. The van der Waals surface area contributed by atoms with Gasteiger partial charge in [0.1, 0.15) is 17.2 Å². The summed E-state index contributed by atoms with van der Waals surface area (Å²) in [6, 6.07) is 5.60. The van der Waals surface area contributed by atoms with Crippen molar-refractivity contribution >= 4 is 16.0 Å². The third kappa shape index (κ3) is 3.68. The molecule has 0 aliphatic carbocycles. The van der Waals surface area contributed by atoms with Crippen LogP contribution >= 0.6 is 0 Å². The highest BCUT2D eigenvalue weighted by Gasteiger charge is 2.27. The number of carbonyl (C=O) groups is 1. The molecule has 0 radical (unpaired) electrons. The maximum absolute atomic E-state index is 12.3. The van der Waals surface area contributed by atoms with E-state index in [4.69, 9.17) is 4.74 Å². The van der Waals surface area contributed by atoms with Crippen LogP contribution in [0.5, 0.6) is 5.75 Å². The van der Waals surface area contributed by atoms with E-state index in [2.05, 4.69) is 0 Å². The number of nitrogens with zero attached hydrogens (tertiary/aromatic N) is 1. The Kier molecular flexibility index (Phi) is 5.31. The van der Waals surface area contributed by atoms with Crippen molar-refractivity contribution < 1.29 is 23.1 Å². The molecular weight excluding hydrogens is 270 g/mol. The van der Waals surface area contributed by atoms with E-state index in [0.717, 1.165) is 4.31 Å². The molecular formula is C12H17NO5S. The van der Waals surface area contributed by atoms with Crippen molar-refractivity contribution in [3.63, 3.8) is 0 Å². The third-order valence-electron chi connectivity index (χ3n) is 2.45. The second-order valence-corrected chi connectivity index (χ2v) is 5.61. The number of aromatic hydroxyl groups is 1. The molecule has 19 heavy (non-hydrogen) atoms. The molecule has 0 saturated heterocycles. The van der Waals surface area contributed by atoms with Gasteiger partial charge < -0.3 is 9.84 Å². The fraction of sp³-hybridized carbons (Fsp3) is 0.417. The number of rotatable bonds is 6. The van der Waals surface area contributed by atoms with E-state index in [1.807, 2.05) is 0 Å². The van der Waals surface area contributed by atoms with Gasteiger partial charge in [0.05, 0.1) is 6.61 Å². The predicted octanol–water partition coefficient (Wildman–Crippen LogP) is 0.966. The molecule has 0 heterocycles. The maximum Gasteiger partial charge on any atom is 0.321 e. The van der Waals surface area contributed by atoms with Crippen molar-refractivity contribution in [1.82, 2.24) is 4.31 Å². The summed E-state index contributed by atoms with van der Waals surface area (Å²) in [5, 5.41) is 9.61. The smallest absolute Gasteiger partial charge is 0.321 e. The number of ether oxygens (including phenoxy) is 1. The molecule has 0 fully saturated rings. The summed E-state index contributed by atoms with van der Waals surface area (Å²) in [7, 11) is -3.91. The van der Waals surface area contributed by atoms with Crippen LogP contribution in [0.2, 0.25) is 0 Å². The third-order valence-corrected chi connectivity index (χ3v) is 4.41. The van der Waals surface area contributed by atoms with Gasteiger partial charge in [-0.15, -0.1) is 0 Å². The van der Waals surface area contributed by atoms with Gasteiger partial charge >= 0.3 is 5.97 Å². The Morgan fingerprint density at radius 1 is 1.32 bits per heavy atom. The SMILES string of the molecule is CCOC(=O)CN(CC)S(=O)(=O)c1ccccc1O. The number of sulfonamides is 1. The first-order valence-corrected chi connectivity index (χ1v) is 7.31. The summed E-state index contributed by atoms with van der Waals surface area (Å²) in [6.07, 6.45) is 0. The molecule has 0 aliphatic heterocycles.